The maximum absolute atomic E-state index is 6.14. The number of ether oxygens (including phenoxy) is 1. The molecule has 1 aliphatic rings. The van der Waals surface area contributed by atoms with Crippen molar-refractivity contribution in [3.8, 4) is 0 Å². The first kappa shape index (κ1) is 10.6. The van der Waals surface area contributed by atoms with Crippen LogP contribution in [0, 0.1) is 6.92 Å². The van der Waals surface area contributed by atoms with Crippen molar-refractivity contribution in [3.05, 3.63) is 11.7 Å². The Balaban J connectivity index is 1.75. The summed E-state index contributed by atoms with van der Waals surface area (Å²) < 4.78 is 10.3. The highest BCUT2D eigenvalue weighted by atomic mass is 16.5. The molecular formula is C10H17N3O2. The standard InChI is InChI=1S/C10H17N3O2/c1-8-12-9(13-15-8)6-14-7-10(11)4-2-3-5-10/h2-7,11H2,1H3. The van der Waals surface area contributed by atoms with Gasteiger partial charge in [-0.15, -0.1) is 0 Å². The highest BCUT2D eigenvalue weighted by Crippen LogP contribution is 2.27. The van der Waals surface area contributed by atoms with E-state index in [0.29, 0.717) is 24.9 Å². The van der Waals surface area contributed by atoms with E-state index in [2.05, 4.69) is 10.1 Å². The van der Waals surface area contributed by atoms with E-state index in [1.54, 1.807) is 6.92 Å². The number of hydrogen-bond donors (Lipinski definition) is 1. The van der Waals surface area contributed by atoms with Crippen molar-refractivity contribution in [2.24, 2.45) is 5.73 Å². The van der Waals surface area contributed by atoms with Gasteiger partial charge >= 0.3 is 0 Å². The van der Waals surface area contributed by atoms with Crippen molar-refractivity contribution in [3.63, 3.8) is 0 Å². The Morgan fingerprint density at radius 1 is 1.47 bits per heavy atom. The minimum Gasteiger partial charge on any atom is -0.371 e. The van der Waals surface area contributed by atoms with Gasteiger partial charge in [0.15, 0.2) is 5.82 Å². The molecule has 1 aliphatic carbocycles. The number of hydrogen-bond acceptors (Lipinski definition) is 5. The van der Waals surface area contributed by atoms with E-state index in [4.69, 9.17) is 15.0 Å². The molecule has 0 aliphatic heterocycles. The highest BCUT2D eigenvalue weighted by molar-refractivity contribution is 4.89. The lowest BCUT2D eigenvalue weighted by Crippen LogP contribution is -2.41. The van der Waals surface area contributed by atoms with Crippen molar-refractivity contribution in [1.82, 2.24) is 10.1 Å². The Hall–Kier alpha value is -0.940. The molecule has 0 radical (unpaired) electrons. The van der Waals surface area contributed by atoms with Crippen molar-refractivity contribution in [2.45, 2.75) is 44.8 Å². The van der Waals surface area contributed by atoms with Crippen LogP contribution in [0.5, 0.6) is 0 Å². The van der Waals surface area contributed by atoms with E-state index >= 15 is 0 Å². The summed E-state index contributed by atoms with van der Waals surface area (Å²) in [5.41, 5.74) is 6.01. The van der Waals surface area contributed by atoms with Gasteiger partial charge in [0.1, 0.15) is 6.61 Å². The molecule has 0 bridgehead atoms. The molecule has 0 atom stereocenters. The molecule has 1 aromatic heterocycles. The van der Waals surface area contributed by atoms with Gasteiger partial charge in [-0.25, -0.2) is 0 Å². The first-order valence-corrected chi connectivity index (χ1v) is 5.34. The monoisotopic (exact) mass is 211 g/mol. The van der Waals surface area contributed by atoms with Crippen molar-refractivity contribution < 1.29 is 9.26 Å². The van der Waals surface area contributed by atoms with Crippen LogP contribution in [0.1, 0.15) is 37.4 Å². The van der Waals surface area contributed by atoms with Crippen LogP contribution >= 0.6 is 0 Å². The fraction of sp³-hybridized carbons (Fsp3) is 0.800. The molecule has 0 spiro atoms. The highest BCUT2D eigenvalue weighted by Gasteiger charge is 2.29. The molecule has 84 valence electrons. The molecular weight excluding hydrogens is 194 g/mol. The molecule has 5 heteroatoms. The average molecular weight is 211 g/mol. The van der Waals surface area contributed by atoms with Gasteiger partial charge in [-0.1, -0.05) is 18.0 Å². The first-order chi connectivity index (χ1) is 7.18. The zero-order valence-electron chi connectivity index (χ0n) is 9.03. The third-order valence-corrected chi connectivity index (χ3v) is 2.79. The quantitative estimate of drug-likeness (QED) is 0.809. The van der Waals surface area contributed by atoms with Gasteiger partial charge in [-0.05, 0) is 12.8 Å². The van der Waals surface area contributed by atoms with E-state index < -0.39 is 0 Å². The number of aromatic nitrogens is 2. The zero-order chi connectivity index (χ0) is 10.7. The normalized spacial score (nSPS) is 19.6. The van der Waals surface area contributed by atoms with Gasteiger partial charge in [-0.2, -0.15) is 4.98 Å². The number of rotatable bonds is 4. The van der Waals surface area contributed by atoms with Gasteiger partial charge in [0.05, 0.1) is 6.61 Å². The van der Waals surface area contributed by atoms with Gasteiger partial charge in [0.2, 0.25) is 5.89 Å². The van der Waals surface area contributed by atoms with Crippen molar-refractivity contribution in [2.75, 3.05) is 6.61 Å². The van der Waals surface area contributed by atoms with Crippen LogP contribution in [0.15, 0.2) is 4.52 Å². The fourth-order valence-corrected chi connectivity index (χ4v) is 1.97. The summed E-state index contributed by atoms with van der Waals surface area (Å²) in [5.74, 6) is 1.16. The van der Waals surface area contributed by atoms with E-state index in [0.717, 1.165) is 12.8 Å². The summed E-state index contributed by atoms with van der Waals surface area (Å²) in [6.45, 7) is 2.73. The molecule has 1 fully saturated rings. The van der Waals surface area contributed by atoms with Gasteiger partial charge in [0, 0.05) is 12.5 Å². The van der Waals surface area contributed by atoms with Crippen LogP contribution < -0.4 is 5.73 Å². The minimum absolute atomic E-state index is 0.126. The SMILES string of the molecule is Cc1nc(COCC2(N)CCCC2)no1. The van der Waals surface area contributed by atoms with Gasteiger partial charge in [0.25, 0.3) is 0 Å². The lowest BCUT2D eigenvalue weighted by molar-refractivity contribution is 0.0698. The second-order valence-electron chi connectivity index (χ2n) is 4.29. The number of nitrogens with two attached hydrogens (primary N) is 1. The minimum atomic E-state index is -0.126. The predicted octanol–water partition coefficient (Wildman–Crippen LogP) is 1.17. The van der Waals surface area contributed by atoms with Crippen LogP contribution in [0.4, 0.5) is 0 Å². The van der Waals surface area contributed by atoms with E-state index in [-0.39, 0.29) is 5.54 Å². The summed E-state index contributed by atoms with van der Waals surface area (Å²) in [6, 6.07) is 0. The summed E-state index contributed by atoms with van der Waals surface area (Å²) in [5, 5.41) is 3.75. The molecule has 2 N–H and O–H groups in total. The second-order valence-corrected chi connectivity index (χ2v) is 4.29. The summed E-state index contributed by atoms with van der Waals surface area (Å²) in [4.78, 5) is 4.05. The lowest BCUT2D eigenvalue weighted by Gasteiger charge is -2.22. The maximum Gasteiger partial charge on any atom is 0.223 e. The van der Waals surface area contributed by atoms with Gasteiger partial charge < -0.3 is 15.0 Å². The largest absolute Gasteiger partial charge is 0.371 e. The van der Waals surface area contributed by atoms with Crippen LogP contribution in [0.3, 0.4) is 0 Å². The Morgan fingerprint density at radius 2 is 2.20 bits per heavy atom. The third-order valence-electron chi connectivity index (χ3n) is 2.79. The molecule has 0 saturated heterocycles. The van der Waals surface area contributed by atoms with Crippen LogP contribution in [0.2, 0.25) is 0 Å². The van der Waals surface area contributed by atoms with E-state index in [1.807, 2.05) is 0 Å². The molecule has 0 unspecified atom stereocenters. The molecule has 1 aromatic rings. The maximum atomic E-state index is 6.14. The predicted molar refractivity (Wildman–Crippen MR) is 54.1 cm³/mol. The Morgan fingerprint density at radius 3 is 2.80 bits per heavy atom. The van der Waals surface area contributed by atoms with Gasteiger partial charge in [-0.3, -0.25) is 0 Å². The lowest BCUT2D eigenvalue weighted by atomic mass is 10.0. The fourth-order valence-electron chi connectivity index (χ4n) is 1.97. The van der Waals surface area contributed by atoms with Crippen molar-refractivity contribution >= 4 is 0 Å². The summed E-state index contributed by atoms with van der Waals surface area (Å²) in [6.07, 6.45) is 4.53. The van der Waals surface area contributed by atoms with Crippen LogP contribution in [-0.4, -0.2) is 22.3 Å². The molecule has 1 saturated carbocycles. The Kier molecular flexibility index (Phi) is 3.02. The molecule has 15 heavy (non-hydrogen) atoms. The molecule has 1 heterocycles. The first-order valence-electron chi connectivity index (χ1n) is 5.34. The molecule has 0 amide bonds. The smallest absolute Gasteiger partial charge is 0.223 e. The van der Waals surface area contributed by atoms with Crippen LogP contribution in [0.25, 0.3) is 0 Å². The Labute approximate surface area is 89.0 Å². The van der Waals surface area contributed by atoms with Crippen LogP contribution in [-0.2, 0) is 11.3 Å². The topological polar surface area (TPSA) is 74.2 Å². The third kappa shape index (κ3) is 2.76. The molecule has 2 rings (SSSR count). The molecule has 0 aromatic carbocycles. The Bertz CT molecular complexity index is 318. The average Bonchev–Trinajstić information content (AvgIpc) is 2.76. The van der Waals surface area contributed by atoms with Crippen molar-refractivity contribution in [1.29, 1.82) is 0 Å². The number of nitrogens with zero attached hydrogens (tertiary/aromatic N) is 2. The molecule has 5 nitrogen and oxygen atoms in total. The summed E-state index contributed by atoms with van der Waals surface area (Å²) >= 11 is 0. The number of aryl methyl sites for hydroxylation is 1. The van der Waals surface area contributed by atoms with E-state index in [9.17, 15) is 0 Å². The van der Waals surface area contributed by atoms with E-state index in [1.165, 1.54) is 12.8 Å². The zero-order valence-corrected chi connectivity index (χ0v) is 9.03. The summed E-state index contributed by atoms with van der Waals surface area (Å²) in [7, 11) is 0. The second kappa shape index (κ2) is 4.28.